The molecule has 0 aliphatic carbocycles. The smallest absolute Gasteiger partial charge is 0.223 e. The second-order valence-electron chi connectivity index (χ2n) is 5.73. The number of piperazine rings is 1. The Kier molecular flexibility index (Phi) is 5.56. The summed E-state index contributed by atoms with van der Waals surface area (Å²) in [6.45, 7) is 3.37. The highest BCUT2D eigenvalue weighted by Gasteiger charge is 2.22. The number of hydrogen-bond acceptors (Lipinski definition) is 3. The summed E-state index contributed by atoms with van der Waals surface area (Å²) in [4.78, 5) is 16.2. The van der Waals surface area contributed by atoms with Gasteiger partial charge in [-0.2, -0.15) is 0 Å². The second kappa shape index (κ2) is 7.41. The lowest BCUT2D eigenvalue weighted by Gasteiger charge is -2.34. The van der Waals surface area contributed by atoms with Gasteiger partial charge in [0, 0.05) is 38.6 Å². The van der Waals surface area contributed by atoms with E-state index >= 15 is 0 Å². The van der Waals surface area contributed by atoms with Crippen LogP contribution in [0.15, 0.2) is 30.3 Å². The summed E-state index contributed by atoms with van der Waals surface area (Å²) < 4.78 is 0. The van der Waals surface area contributed by atoms with Gasteiger partial charge in [-0.3, -0.25) is 4.79 Å². The van der Waals surface area contributed by atoms with Gasteiger partial charge in [0.05, 0.1) is 0 Å². The molecule has 2 rings (SSSR count). The van der Waals surface area contributed by atoms with Crippen LogP contribution in [0.3, 0.4) is 0 Å². The molecule has 1 fully saturated rings. The summed E-state index contributed by atoms with van der Waals surface area (Å²) >= 11 is 0. The highest BCUT2D eigenvalue weighted by molar-refractivity contribution is 5.76. The van der Waals surface area contributed by atoms with Crippen molar-refractivity contribution in [2.45, 2.75) is 18.9 Å². The van der Waals surface area contributed by atoms with Crippen LogP contribution in [0, 0.1) is 0 Å². The third kappa shape index (κ3) is 4.62. The Morgan fingerprint density at radius 1 is 1.35 bits per heavy atom. The van der Waals surface area contributed by atoms with Gasteiger partial charge in [0.2, 0.25) is 5.91 Å². The maximum atomic E-state index is 12.2. The van der Waals surface area contributed by atoms with E-state index in [0.29, 0.717) is 12.5 Å². The predicted octanol–water partition coefficient (Wildman–Crippen LogP) is 0.981. The number of nitrogens with zero attached hydrogens (tertiary/aromatic N) is 2. The van der Waals surface area contributed by atoms with Gasteiger partial charge in [-0.15, -0.1) is 0 Å². The molecule has 1 saturated heterocycles. The van der Waals surface area contributed by atoms with Crippen LogP contribution < -0.4 is 5.32 Å². The van der Waals surface area contributed by atoms with Crippen LogP contribution in [0.1, 0.15) is 12.0 Å². The van der Waals surface area contributed by atoms with Crippen LogP contribution in [0.5, 0.6) is 0 Å². The minimum Gasteiger partial charge on any atom is -0.340 e. The topological polar surface area (TPSA) is 35.6 Å². The summed E-state index contributed by atoms with van der Waals surface area (Å²) in [6, 6.07) is 10.8. The molecule has 1 amide bonds. The standard InChI is InChI=1S/C16H25N3O/c1-18(2)10-8-16(20)19-11-9-17-15(13-19)12-14-6-4-3-5-7-14/h3-7,15,17H,8-13H2,1-2H3. The average molecular weight is 275 g/mol. The van der Waals surface area contributed by atoms with Gasteiger partial charge in [0.1, 0.15) is 0 Å². The lowest BCUT2D eigenvalue weighted by Crippen LogP contribution is -2.53. The van der Waals surface area contributed by atoms with E-state index in [2.05, 4.69) is 34.5 Å². The van der Waals surface area contributed by atoms with Crippen molar-refractivity contribution in [3.8, 4) is 0 Å². The van der Waals surface area contributed by atoms with E-state index in [1.165, 1.54) is 5.56 Å². The second-order valence-corrected chi connectivity index (χ2v) is 5.73. The minimum atomic E-state index is 0.276. The number of carbonyl (C=O) groups excluding carboxylic acids is 1. The van der Waals surface area contributed by atoms with Crippen molar-refractivity contribution in [1.29, 1.82) is 0 Å². The molecule has 1 aliphatic heterocycles. The molecule has 1 aromatic rings. The Morgan fingerprint density at radius 2 is 2.10 bits per heavy atom. The van der Waals surface area contributed by atoms with Crippen molar-refractivity contribution in [3.63, 3.8) is 0 Å². The van der Waals surface area contributed by atoms with E-state index in [9.17, 15) is 4.79 Å². The summed E-state index contributed by atoms with van der Waals surface area (Å²) in [5.41, 5.74) is 1.33. The van der Waals surface area contributed by atoms with Crippen LogP contribution in [0.4, 0.5) is 0 Å². The molecule has 1 atom stereocenters. The Labute approximate surface area is 121 Å². The van der Waals surface area contributed by atoms with Crippen LogP contribution >= 0.6 is 0 Å². The van der Waals surface area contributed by atoms with Crippen molar-refractivity contribution in [2.75, 3.05) is 40.3 Å². The molecule has 4 heteroatoms. The van der Waals surface area contributed by atoms with Crippen LogP contribution in [0.2, 0.25) is 0 Å². The van der Waals surface area contributed by atoms with Crippen molar-refractivity contribution in [2.24, 2.45) is 0 Å². The Morgan fingerprint density at radius 3 is 2.80 bits per heavy atom. The maximum Gasteiger partial charge on any atom is 0.223 e. The predicted molar refractivity (Wildman–Crippen MR) is 81.7 cm³/mol. The molecule has 4 nitrogen and oxygen atoms in total. The molecule has 0 bridgehead atoms. The monoisotopic (exact) mass is 275 g/mol. The molecular formula is C16H25N3O. The lowest BCUT2D eigenvalue weighted by molar-refractivity contribution is -0.132. The van der Waals surface area contributed by atoms with E-state index in [-0.39, 0.29) is 5.91 Å². The molecular weight excluding hydrogens is 250 g/mol. The molecule has 0 aromatic heterocycles. The molecule has 0 radical (unpaired) electrons. The first kappa shape index (κ1) is 15.0. The number of carbonyl (C=O) groups is 1. The summed E-state index contributed by atoms with van der Waals surface area (Å²) in [6.07, 6.45) is 1.60. The number of benzene rings is 1. The zero-order valence-corrected chi connectivity index (χ0v) is 12.5. The van der Waals surface area contributed by atoms with Crippen LogP contribution in [-0.2, 0) is 11.2 Å². The van der Waals surface area contributed by atoms with Gasteiger partial charge >= 0.3 is 0 Å². The average Bonchev–Trinajstić information content (AvgIpc) is 2.46. The largest absolute Gasteiger partial charge is 0.340 e. The van der Waals surface area contributed by atoms with E-state index in [1.807, 2.05) is 25.1 Å². The van der Waals surface area contributed by atoms with Crippen molar-refractivity contribution < 1.29 is 4.79 Å². The van der Waals surface area contributed by atoms with E-state index < -0.39 is 0 Å². The first-order chi connectivity index (χ1) is 9.65. The van der Waals surface area contributed by atoms with E-state index in [0.717, 1.165) is 32.6 Å². The Bertz CT molecular complexity index is 419. The fraction of sp³-hybridized carbons (Fsp3) is 0.562. The molecule has 1 unspecified atom stereocenters. The van der Waals surface area contributed by atoms with E-state index in [1.54, 1.807) is 0 Å². The normalized spacial score (nSPS) is 19.4. The Hall–Kier alpha value is -1.39. The van der Waals surface area contributed by atoms with Gasteiger partial charge < -0.3 is 15.1 Å². The van der Waals surface area contributed by atoms with E-state index in [4.69, 9.17) is 0 Å². The third-order valence-corrected chi connectivity index (χ3v) is 3.71. The quantitative estimate of drug-likeness (QED) is 0.870. The molecule has 1 aromatic carbocycles. The first-order valence-electron chi connectivity index (χ1n) is 7.35. The zero-order chi connectivity index (χ0) is 14.4. The Balaban J connectivity index is 1.83. The number of hydrogen-bond donors (Lipinski definition) is 1. The van der Waals surface area contributed by atoms with Gasteiger partial charge in [-0.1, -0.05) is 30.3 Å². The highest BCUT2D eigenvalue weighted by atomic mass is 16.2. The third-order valence-electron chi connectivity index (χ3n) is 3.71. The molecule has 1 N–H and O–H groups in total. The minimum absolute atomic E-state index is 0.276. The van der Waals surface area contributed by atoms with Crippen LogP contribution in [0.25, 0.3) is 0 Å². The van der Waals surface area contributed by atoms with Crippen LogP contribution in [-0.4, -0.2) is 62.0 Å². The molecule has 0 spiro atoms. The molecule has 110 valence electrons. The van der Waals surface area contributed by atoms with Gasteiger partial charge in [0.25, 0.3) is 0 Å². The van der Waals surface area contributed by atoms with Gasteiger partial charge in [0.15, 0.2) is 0 Å². The van der Waals surface area contributed by atoms with Gasteiger partial charge in [-0.05, 0) is 26.1 Å². The lowest BCUT2D eigenvalue weighted by atomic mass is 10.0. The molecule has 1 heterocycles. The molecule has 0 saturated carbocycles. The highest BCUT2D eigenvalue weighted by Crippen LogP contribution is 2.08. The number of nitrogens with one attached hydrogen (secondary N) is 1. The summed E-state index contributed by atoms with van der Waals surface area (Å²) in [5, 5.41) is 3.51. The van der Waals surface area contributed by atoms with Crippen molar-refractivity contribution in [3.05, 3.63) is 35.9 Å². The molecule has 20 heavy (non-hydrogen) atoms. The number of amides is 1. The first-order valence-corrected chi connectivity index (χ1v) is 7.35. The fourth-order valence-corrected chi connectivity index (χ4v) is 2.56. The summed E-state index contributed by atoms with van der Waals surface area (Å²) in [7, 11) is 4.01. The van der Waals surface area contributed by atoms with Crippen molar-refractivity contribution >= 4 is 5.91 Å². The maximum absolute atomic E-state index is 12.2. The molecule has 1 aliphatic rings. The zero-order valence-electron chi connectivity index (χ0n) is 12.5. The van der Waals surface area contributed by atoms with Gasteiger partial charge in [-0.25, -0.2) is 0 Å². The summed E-state index contributed by atoms with van der Waals surface area (Å²) in [5.74, 6) is 0.276. The SMILES string of the molecule is CN(C)CCC(=O)N1CCNC(Cc2ccccc2)C1. The van der Waals surface area contributed by atoms with Crippen molar-refractivity contribution in [1.82, 2.24) is 15.1 Å². The number of rotatable bonds is 5. The fourth-order valence-electron chi connectivity index (χ4n) is 2.56.